The summed E-state index contributed by atoms with van der Waals surface area (Å²) in [6.07, 6.45) is 5.98. The number of piperidine rings is 1. The van der Waals surface area contributed by atoms with Crippen LogP contribution in [0.5, 0.6) is 0 Å². The van der Waals surface area contributed by atoms with Crippen molar-refractivity contribution in [1.82, 2.24) is 9.97 Å². The number of carbonyl (C=O) groups is 1. The van der Waals surface area contributed by atoms with E-state index in [2.05, 4.69) is 51.3 Å². The van der Waals surface area contributed by atoms with Crippen molar-refractivity contribution >= 4 is 17.5 Å². The van der Waals surface area contributed by atoms with Crippen LogP contribution in [0.1, 0.15) is 34.5 Å². The number of carbonyl (C=O) groups excluding carboxylic acids is 1. The number of aromatic nitrogens is 2. The molecule has 0 aliphatic carbocycles. The number of amides is 1. The first-order chi connectivity index (χ1) is 14.8. The highest BCUT2D eigenvalue weighted by Crippen LogP contribution is 2.29. The molecular formula is C25H26N4O. The highest BCUT2D eigenvalue weighted by atomic mass is 16.2. The molecule has 0 atom stereocenters. The predicted octanol–water partition coefficient (Wildman–Crippen LogP) is 4.14. The van der Waals surface area contributed by atoms with E-state index in [0.29, 0.717) is 24.1 Å². The first-order valence-electron chi connectivity index (χ1n) is 10.8. The lowest BCUT2D eigenvalue weighted by molar-refractivity contribution is 0.0984. The highest BCUT2D eigenvalue weighted by Gasteiger charge is 2.27. The number of fused-ring (bicyclic) bond motifs is 1. The van der Waals surface area contributed by atoms with Crippen LogP contribution in [-0.2, 0) is 12.8 Å². The second-order valence-corrected chi connectivity index (χ2v) is 8.20. The predicted molar refractivity (Wildman–Crippen MR) is 119 cm³/mol. The van der Waals surface area contributed by atoms with E-state index >= 15 is 0 Å². The largest absolute Gasteiger partial charge is 0.341 e. The van der Waals surface area contributed by atoms with Crippen LogP contribution in [-0.4, -0.2) is 35.5 Å². The second kappa shape index (κ2) is 8.27. The zero-order chi connectivity index (χ0) is 20.3. The number of benzene rings is 2. The highest BCUT2D eigenvalue weighted by molar-refractivity contribution is 6.06. The molecule has 5 heteroatoms. The standard InChI is InChI=1S/C25H26N4O/c30-24(29-17-13-21-8-4-5-9-23(21)29)22-10-14-26-25(27-22)28-15-11-20(12-16-28)18-19-6-2-1-3-7-19/h1-10,14,20H,11-13,15-18H2. The van der Waals surface area contributed by atoms with Gasteiger partial charge in [-0.05, 0) is 54.9 Å². The third-order valence-electron chi connectivity index (χ3n) is 6.26. The van der Waals surface area contributed by atoms with E-state index < -0.39 is 0 Å². The van der Waals surface area contributed by atoms with Crippen molar-refractivity contribution in [3.8, 4) is 0 Å². The average Bonchev–Trinajstić information content (AvgIpc) is 3.24. The van der Waals surface area contributed by atoms with Crippen molar-refractivity contribution in [2.45, 2.75) is 25.7 Å². The zero-order valence-electron chi connectivity index (χ0n) is 17.1. The Labute approximate surface area is 177 Å². The topological polar surface area (TPSA) is 49.3 Å². The number of para-hydroxylation sites is 1. The van der Waals surface area contributed by atoms with Gasteiger partial charge in [-0.1, -0.05) is 48.5 Å². The average molecular weight is 399 g/mol. The smallest absolute Gasteiger partial charge is 0.277 e. The van der Waals surface area contributed by atoms with Crippen molar-refractivity contribution in [2.24, 2.45) is 5.92 Å². The molecule has 0 bridgehead atoms. The summed E-state index contributed by atoms with van der Waals surface area (Å²) >= 11 is 0. The maximum atomic E-state index is 13.1. The van der Waals surface area contributed by atoms with Crippen LogP contribution in [0.4, 0.5) is 11.6 Å². The van der Waals surface area contributed by atoms with E-state index in [-0.39, 0.29) is 5.91 Å². The van der Waals surface area contributed by atoms with E-state index in [1.54, 1.807) is 12.3 Å². The molecule has 1 saturated heterocycles. The Bertz CT molecular complexity index is 1030. The second-order valence-electron chi connectivity index (χ2n) is 8.20. The fourth-order valence-corrected chi connectivity index (χ4v) is 4.59. The van der Waals surface area contributed by atoms with Crippen LogP contribution < -0.4 is 9.80 Å². The van der Waals surface area contributed by atoms with Gasteiger partial charge in [0.15, 0.2) is 0 Å². The molecule has 2 aliphatic heterocycles. The molecule has 30 heavy (non-hydrogen) atoms. The van der Waals surface area contributed by atoms with Gasteiger partial charge < -0.3 is 9.80 Å². The van der Waals surface area contributed by atoms with Gasteiger partial charge in [-0.2, -0.15) is 0 Å². The van der Waals surface area contributed by atoms with Crippen molar-refractivity contribution in [2.75, 3.05) is 29.4 Å². The van der Waals surface area contributed by atoms with Crippen molar-refractivity contribution in [3.05, 3.63) is 83.7 Å². The maximum absolute atomic E-state index is 13.1. The summed E-state index contributed by atoms with van der Waals surface area (Å²) in [5.41, 5.74) is 4.11. The Morgan fingerprint density at radius 1 is 0.933 bits per heavy atom. The molecule has 0 saturated carbocycles. The Hall–Kier alpha value is -3.21. The molecule has 3 aromatic rings. The van der Waals surface area contributed by atoms with Crippen LogP contribution in [0.15, 0.2) is 66.9 Å². The van der Waals surface area contributed by atoms with Gasteiger partial charge in [-0.3, -0.25) is 4.79 Å². The maximum Gasteiger partial charge on any atom is 0.277 e. The number of hydrogen-bond acceptors (Lipinski definition) is 4. The molecule has 1 aromatic heterocycles. The van der Waals surface area contributed by atoms with Gasteiger partial charge >= 0.3 is 0 Å². The lowest BCUT2D eigenvalue weighted by Gasteiger charge is -2.32. The first-order valence-corrected chi connectivity index (χ1v) is 10.8. The normalized spacial score (nSPS) is 16.5. The summed E-state index contributed by atoms with van der Waals surface area (Å²) in [6.45, 7) is 2.58. The van der Waals surface area contributed by atoms with E-state index in [0.717, 1.165) is 44.5 Å². The van der Waals surface area contributed by atoms with Crippen LogP contribution in [0.3, 0.4) is 0 Å². The Morgan fingerprint density at radius 2 is 1.70 bits per heavy atom. The van der Waals surface area contributed by atoms with Gasteiger partial charge in [-0.25, -0.2) is 9.97 Å². The van der Waals surface area contributed by atoms with Crippen LogP contribution >= 0.6 is 0 Å². The van der Waals surface area contributed by atoms with Crippen molar-refractivity contribution in [3.63, 3.8) is 0 Å². The summed E-state index contributed by atoms with van der Waals surface area (Å²) in [4.78, 5) is 26.3. The molecule has 1 fully saturated rings. The molecule has 0 unspecified atom stereocenters. The number of nitrogens with zero attached hydrogens (tertiary/aromatic N) is 4. The number of hydrogen-bond donors (Lipinski definition) is 0. The minimum absolute atomic E-state index is 0.0393. The Kier molecular flexibility index (Phi) is 5.18. The number of anilines is 2. The molecule has 152 valence electrons. The quantitative estimate of drug-likeness (QED) is 0.663. The first kappa shape index (κ1) is 18.8. The van der Waals surface area contributed by atoms with Gasteiger partial charge in [0.25, 0.3) is 5.91 Å². The third kappa shape index (κ3) is 3.80. The number of rotatable bonds is 4. The van der Waals surface area contributed by atoms with Gasteiger partial charge in [0, 0.05) is 31.5 Å². The summed E-state index contributed by atoms with van der Waals surface area (Å²) in [5.74, 6) is 1.32. The van der Waals surface area contributed by atoms with Gasteiger partial charge in [0.05, 0.1) is 0 Å². The summed E-state index contributed by atoms with van der Waals surface area (Å²) in [7, 11) is 0. The molecule has 5 rings (SSSR count). The SMILES string of the molecule is O=C(c1ccnc(N2CCC(Cc3ccccc3)CC2)n1)N1CCc2ccccc21. The fraction of sp³-hybridized carbons (Fsp3) is 0.320. The fourth-order valence-electron chi connectivity index (χ4n) is 4.59. The van der Waals surface area contributed by atoms with Crippen LogP contribution in [0, 0.1) is 5.92 Å². The zero-order valence-corrected chi connectivity index (χ0v) is 17.1. The van der Waals surface area contributed by atoms with E-state index in [4.69, 9.17) is 0 Å². The minimum Gasteiger partial charge on any atom is -0.341 e. The summed E-state index contributed by atoms with van der Waals surface area (Å²) in [5, 5.41) is 0. The molecule has 0 radical (unpaired) electrons. The van der Waals surface area contributed by atoms with E-state index in [1.165, 1.54) is 11.1 Å². The van der Waals surface area contributed by atoms with Crippen LogP contribution in [0.2, 0.25) is 0 Å². The van der Waals surface area contributed by atoms with E-state index in [9.17, 15) is 4.79 Å². The molecule has 1 amide bonds. The molecule has 5 nitrogen and oxygen atoms in total. The molecule has 3 heterocycles. The Morgan fingerprint density at radius 3 is 2.53 bits per heavy atom. The lowest BCUT2D eigenvalue weighted by Crippen LogP contribution is -2.36. The third-order valence-corrected chi connectivity index (χ3v) is 6.26. The Balaban J connectivity index is 1.25. The molecular weight excluding hydrogens is 372 g/mol. The van der Waals surface area contributed by atoms with Crippen LogP contribution in [0.25, 0.3) is 0 Å². The molecule has 0 N–H and O–H groups in total. The van der Waals surface area contributed by atoms with Crippen molar-refractivity contribution < 1.29 is 4.79 Å². The molecule has 2 aliphatic rings. The monoisotopic (exact) mass is 398 g/mol. The van der Waals surface area contributed by atoms with E-state index in [1.807, 2.05) is 23.1 Å². The molecule has 2 aromatic carbocycles. The summed E-state index contributed by atoms with van der Waals surface area (Å²) < 4.78 is 0. The molecule has 0 spiro atoms. The summed E-state index contributed by atoms with van der Waals surface area (Å²) in [6, 6.07) is 20.6. The minimum atomic E-state index is -0.0393. The van der Waals surface area contributed by atoms with Crippen molar-refractivity contribution in [1.29, 1.82) is 0 Å². The van der Waals surface area contributed by atoms with Gasteiger partial charge in [0.1, 0.15) is 5.69 Å². The van der Waals surface area contributed by atoms with Gasteiger partial charge in [0.2, 0.25) is 5.95 Å². The lowest BCUT2D eigenvalue weighted by atomic mass is 9.90. The van der Waals surface area contributed by atoms with Gasteiger partial charge in [-0.15, -0.1) is 0 Å².